The molecule has 1 heterocycles. The van der Waals surface area contributed by atoms with Crippen molar-refractivity contribution >= 4 is 22.0 Å². The van der Waals surface area contributed by atoms with Crippen LogP contribution in [0.5, 0.6) is 0 Å². The van der Waals surface area contributed by atoms with Gasteiger partial charge in [0.05, 0.1) is 11.9 Å². The summed E-state index contributed by atoms with van der Waals surface area (Å²) in [5, 5.41) is 2.36. The molecule has 1 amide bonds. The van der Waals surface area contributed by atoms with Crippen LogP contribution in [0, 0.1) is 0 Å². The third-order valence-corrected chi connectivity index (χ3v) is 7.32. The van der Waals surface area contributed by atoms with Crippen molar-refractivity contribution in [2.75, 3.05) is 13.1 Å². The van der Waals surface area contributed by atoms with Crippen LogP contribution in [0.1, 0.15) is 63.5 Å². The lowest BCUT2D eigenvalue weighted by Gasteiger charge is -2.23. The minimum Gasteiger partial charge on any atom is -0.353 e. The van der Waals surface area contributed by atoms with Gasteiger partial charge in [0.1, 0.15) is 0 Å². The van der Waals surface area contributed by atoms with E-state index in [2.05, 4.69) is 10.3 Å². The molecule has 0 saturated carbocycles. The smallest absolute Gasteiger partial charge is 0.243 e. The Morgan fingerprint density at radius 3 is 2.41 bits per heavy atom. The fraction of sp³-hybridized carbons (Fsp3) is 0.462. The molecule has 0 unspecified atom stereocenters. The molecule has 1 N–H and O–H groups in total. The van der Waals surface area contributed by atoms with E-state index < -0.39 is 15.3 Å². The molecule has 0 atom stereocenters. The van der Waals surface area contributed by atoms with Gasteiger partial charge in [0.15, 0.2) is 0 Å². The van der Waals surface area contributed by atoms with E-state index in [-0.39, 0.29) is 12.5 Å². The van der Waals surface area contributed by atoms with Gasteiger partial charge in [-0.2, -0.15) is 0 Å². The molecule has 7 nitrogen and oxygen atoms in total. The molecule has 0 radical (unpaired) electrons. The number of amides is 1. The number of nitrogens with one attached hydrogen (secondary N) is 1. The summed E-state index contributed by atoms with van der Waals surface area (Å²) in [6.45, 7) is 4.57. The van der Waals surface area contributed by atoms with Gasteiger partial charge >= 0.3 is 0 Å². The first-order valence-electron chi connectivity index (χ1n) is 11.9. The molecule has 2 aromatic rings. The minimum absolute atomic E-state index is 0.106. The summed E-state index contributed by atoms with van der Waals surface area (Å²) in [5.74, 6) is -0.106. The number of carbonyl (C=O) groups excluding carboxylic acids is 1. The number of sulfonamides is 1. The highest BCUT2D eigenvalue weighted by Crippen LogP contribution is 2.15. The van der Waals surface area contributed by atoms with Crippen LogP contribution in [-0.4, -0.2) is 42.1 Å². The van der Waals surface area contributed by atoms with Crippen LogP contribution in [0.4, 0.5) is 0 Å². The summed E-state index contributed by atoms with van der Waals surface area (Å²) in [6, 6.07) is 13.3. The maximum absolute atomic E-state index is 12.6. The quantitative estimate of drug-likeness (QED) is 0.210. The van der Waals surface area contributed by atoms with E-state index in [9.17, 15) is 13.2 Å². The number of hydrogen-bond acceptors (Lipinski definition) is 5. The molecule has 2 rings (SSSR count). The van der Waals surface area contributed by atoms with Crippen molar-refractivity contribution < 1.29 is 18.0 Å². The summed E-state index contributed by atoms with van der Waals surface area (Å²) >= 11 is 0. The third-order valence-electron chi connectivity index (χ3n) is 5.28. The van der Waals surface area contributed by atoms with Crippen molar-refractivity contribution in [1.29, 1.82) is 0 Å². The molecule has 0 aliphatic rings. The second kappa shape index (κ2) is 15.4. The lowest BCUT2D eigenvalue weighted by molar-refractivity contribution is -0.116. The normalized spacial score (nSPS) is 12.0. The van der Waals surface area contributed by atoms with E-state index in [1.807, 2.05) is 42.5 Å². The van der Waals surface area contributed by atoms with Gasteiger partial charge in [-0.05, 0) is 50.0 Å². The molecule has 0 spiro atoms. The SMILES string of the molecule is CC(C)S(=O)(=O)N(CCCCCCCCNC(=O)/C=C/c1cccnc1)OCc1ccccc1. The highest BCUT2D eigenvalue weighted by Gasteiger charge is 2.26. The molecule has 0 fully saturated rings. The molecule has 0 bridgehead atoms. The third kappa shape index (κ3) is 10.6. The van der Waals surface area contributed by atoms with Crippen molar-refractivity contribution in [3.63, 3.8) is 0 Å². The summed E-state index contributed by atoms with van der Waals surface area (Å²) in [7, 11) is -3.48. The van der Waals surface area contributed by atoms with Gasteiger partial charge in [0.2, 0.25) is 15.9 Å². The molecule has 8 heteroatoms. The fourth-order valence-corrected chi connectivity index (χ4v) is 4.26. The van der Waals surface area contributed by atoms with Gasteiger partial charge in [-0.15, -0.1) is 0 Å². The summed E-state index contributed by atoms with van der Waals surface area (Å²) in [6.07, 6.45) is 12.3. The van der Waals surface area contributed by atoms with Crippen molar-refractivity contribution in [2.24, 2.45) is 0 Å². The van der Waals surface area contributed by atoms with Crippen LogP contribution in [0.25, 0.3) is 6.08 Å². The van der Waals surface area contributed by atoms with E-state index in [1.54, 1.807) is 32.3 Å². The van der Waals surface area contributed by atoms with Crippen LogP contribution in [0.2, 0.25) is 0 Å². The second-order valence-corrected chi connectivity index (χ2v) is 10.8. The zero-order valence-electron chi connectivity index (χ0n) is 20.2. The predicted octanol–water partition coefficient (Wildman–Crippen LogP) is 4.72. The Balaban J connectivity index is 1.59. The number of nitrogens with zero attached hydrogens (tertiary/aromatic N) is 2. The number of pyridine rings is 1. The van der Waals surface area contributed by atoms with Crippen molar-refractivity contribution in [3.05, 3.63) is 72.1 Å². The molecule has 186 valence electrons. The highest BCUT2D eigenvalue weighted by molar-refractivity contribution is 7.89. The zero-order chi connectivity index (χ0) is 24.7. The van der Waals surface area contributed by atoms with E-state index in [0.717, 1.165) is 49.7 Å². The van der Waals surface area contributed by atoms with Gasteiger partial charge < -0.3 is 5.32 Å². The van der Waals surface area contributed by atoms with Gasteiger partial charge in [-0.1, -0.05) is 66.6 Å². The zero-order valence-corrected chi connectivity index (χ0v) is 21.0. The number of rotatable bonds is 16. The Kier molecular flexibility index (Phi) is 12.5. The maximum atomic E-state index is 12.6. The molecule has 34 heavy (non-hydrogen) atoms. The van der Waals surface area contributed by atoms with Gasteiger partial charge in [-0.3, -0.25) is 14.6 Å². The Labute approximate surface area is 204 Å². The number of aromatic nitrogens is 1. The van der Waals surface area contributed by atoms with Crippen LogP contribution in [-0.2, 0) is 26.3 Å². The predicted molar refractivity (Wildman–Crippen MR) is 136 cm³/mol. The van der Waals surface area contributed by atoms with Gasteiger partial charge in [0, 0.05) is 31.6 Å². The van der Waals surface area contributed by atoms with Crippen LogP contribution in [0.3, 0.4) is 0 Å². The molecule has 0 aliphatic heterocycles. The van der Waals surface area contributed by atoms with Crippen LogP contribution >= 0.6 is 0 Å². The Morgan fingerprint density at radius 1 is 1.03 bits per heavy atom. The highest BCUT2D eigenvalue weighted by atomic mass is 32.2. The van der Waals surface area contributed by atoms with Gasteiger partial charge in [0.25, 0.3) is 0 Å². The summed E-state index contributed by atoms with van der Waals surface area (Å²) < 4.78 is 26.4. The average molecular weight is 488 g/mol. The van der Waals surface area contributed by atoms with E-state index in [4.69, 9.17) is 4.84 Å². The number of benzene rings is 1. The summed E-state index contributed by atoms with van der Waals surface area (Å²) in [4.78, 5) is 21.5. The Bertz CT molecular complexity index is 964. The lowest BCUT2D eigenvalue weighted by atomic mass is 10.1. The lowest BCUT2D eigenvalue weighted by Crippen LogP contribution is -2.37. The number of carbonyl (C=O) groups is 1. The first-order chi connectivity index (χ1) is 16.4. The molecule has 1 aromatic heterocycles. The van der Waals surface area contributed by atoms with E-state index in [0.29, 0.717) is 13.1 Å². The van der Waals surface area contributed by atoms with Crippen molar-refractivity contribution in [3.8, 4) is 0 Å². The minimum atomic E-state index is -3.48. The molecular formula is C26H37N3O4S. The second-order valence-electron chi connectivity index (χ2n) is 8.41. The van der Waals surface area contributed by atoms with Gasteiger partial charge in [-0.25, -0.2) is 8.42 Å². The number of hydroxylamine groups is 1. The Morgan fingerprint density at radius 2 is 1.74 bits per heavy atom. The molecule has 0 saturated heterocycles. The fourth-order valence-electron chi connectivity index (χ4n) is 3.21. The largest absolute Gasteiger partial charge is 0.353 e. The average Bonchev–Trinajstić information content (AvgIpc) is 2.84. The van der Waals surface area contributed by atoms with E-state index in [1.165, 1.54) is 10.5 Å². The molecule has 0 aliphatic carbocycles. The van der Waals surface area contributed by atoms with Crippen molar-refractivity contribution in [2.45, 2.75) is 64.2 Å². The van der Waals surface area contributed by atoms with Crippen molar-refractivity contribution in [1.82, 2.24) is 14.8 Å². The van der Waals surface area contributed by atoms with E-state index >= 15 is 0 Å². The number of unbranched alkanes of at least 4 members (excludes halogenated alkanes) is 5. The molecule has 1 aromatic carbocycles. The first kappa shape index (κ1) is 27.7. The first-order valence-corrected chi connectivity index (χ1v) is 13.4. The number of hydrogen-bond donors (Lipinski definition) is 1. The maximum Gasteiger partial charge on any atom is 0.243 e. The Hall–Kier alpha value is -2.55. The van der Waals surface area contributed by atoms with Crippen LogP contribution in [0.15, 0.2) is 60.9 Å². The topological polar surface area (TPSA) is 88.6 Å². The van der Waals surface area contributed by atoms with Crippen LogP contribution < -0.4 is 5.32 Å². The molecular weight excluding hydrogens is 450 g/mol. The standard InChI is InChI=1S/C26H37N3O4S/c1-23(2)34(31,32)29(33-22-25-13-8-7-9-14-25)20-11-6-4-3-5-10-19-28-26(30)17-16-24-15-12-18-27-21-24/h7-9,12-18,21,23H,3-6,10-11,19-20,22H2,1-2H3,(H,28,30)/b17-16+. The monoisotopic (exact) mass is 487 g/mol. The summed E-state index contributed by atoms with van der Waals surface area (Å²) in [5.41, 5.74) is 1.83.